The van der Waals surface area contributed by atoms with E-state index in [4.69, 9.17) is 4.74 Å². The number of rotatable bonds is 49. The lowest BCUT2D eigenvalue weighted by Gasteiger charge is -2.24. The van der Waals surface area contributed by atoms with Gasteiger partial charge in [-0.2, -0.15) is 0 Å². The first-order valence-corrected chi connectivity index (χ1v) is 27.9. The summed E-state index contributed by atoms with van der Waals surface area (Å²) in [6.45, 7) is 6.34. The smallest absolute Gasteiger partial charge is 0.306 e. The summed E-state index contributed by atoms with van der Waals surface area (Å²) in [6.07, 6.45) is 69.2. The molecule has 0 spiro atoms. The predicted molar refractivity (Wildman–Crippen MR) is 287 cm³/mol. The molecule has 6 nitrogen and oxygen atoms in total. The van der Waals surface area contributed by atoms with Crippen molar-refractivity contribution < 1.29 is 24.5 Å². The Morgan fingerprint density at radius 3 is 1.29 bits per heavy atom. The molecule has 0 saturated carbocycles. The van der Waals surface area contributed by atoms with Gasteiger partial charge >= 0.3 is 5.97 Å². The van der Waals surface area contributed by atoms with Gasteiger partial charge in [-0.15, -0.1) is 0 Å². The van der Waals surface area contributed by atoms with Gasteiger partial charge in [-0.3, -0.25) is 9.59 Å². The van der Waals surface area contributed by atoms with Gasteiger partial charge in [0.1, 0.15) is 6.10 Å². The summed E-state index contributed by atoms with van der Waals surface area (Å²) in [4.78, 5) is 26.2. The molecule has 0 aromatic heterocycles. The van der Waals surface area contributed by atoms with E-state index < -0.39 is 18.2 Å². The number of aliphatic hydroxyl groups excluding tert-OH is 2. The summed E-state index contributed by atoms with van der Waals surface area (Å²) >= 11 is 0. The summed E-state index contributed by atoms with van der Waals surface area (Å²) in [7, 11) is 0. The Kier molecular flexibility index (Phi) is 50.6. The summed E-state index contributed by atoms with van der Waals surface area (Å²) in [5.74, 6) is -0.528. The Morgan fingerprint density at radius 1 is 0.455 bits per heavy atom. The topological polar surface area (TPSA) is 95.9 Å². The molecule has 1 amide bonds. The van der Waals surface area contributed by atoms with Gasteiger partial charge in [0, 0.05) is 6.42 Å². The van der Waals surface area contributed by atoms with Gasteiger partial charge in [0.25, 0.3) is 0 Å². The van der Waals surface area contributed by atoms with Crippen LogP contribution in [0.2, 0.25) is 0 Å². The van der Waals surface area contributed by atoms with Crippen LogP contribution in [0.25, 0.3) is 0 Å². The van der Waals surface area contributed by atoms with Crippen LogP contribution < -0.4 is 5.32 Å². The maximum absolute atomic E-state index is 13.3. The van der Waals surface area contributed by atoms with Crippen molar-refractivity contribution in [3.63, 3.8) is 0 Å². The summed E-state index contributed by atoms with van der Waals surface area (Å²) in [6, 6.07) is -0.717. The molecule has 3 atom stereocenters. The second-order valence-corrected chi connectivity index (χ2v) is 18.8. The number of esters is 1. The van der Waals surface area contributed by atoms with E-state index in [1.54, 1.807) is 0 Å². The van der Waals surface area contributed by atoms with Gasteiger partial charge in [0.15, 0.2) is 0 Å². The molecule has 66 heavy (non-hydrogen) atoms. The van der Waals surface area contributed by atoms with E-state index in [-0.39, 0.29) is 24.9 Å². The zero-order valence-corrected chi connectivity index (χ0v) is 43.3. The number of allylic oxidation sites excluding steroid dienone is 14. The van der Waals surface area contributed by atoms with Gasteiger partial charge in [0.2, 0.25) is 5.91 Å². The first kappa shape index (κ1) is 63.0. The molecule has 3 N–H and O–H groups in total. The van der Waals surface area contributed by atoms with Gasteiger partial charge < -0.3 is 20.3 Å². The number of hydrogen-bond donors (Lipinski definition) is 3. The van der Waals surface area contributed by atoms with E-state index in [1.807, 2.05) is 48.6 Å². The molecule has 0 aliphatic carbocycles. The molecule has 0 aromatic rings. The Hall–Kier alpha value is -2.96. The second kappa shape index (κ2) is 53.0. The lowest BCUT2D eigenvalue weighted by Crippen LogP contribution is -2.46. The van der Waals surface area contributed by atoms with Crippen LogP contribution >= 0.6 is 0 Å². The van der Waals surface area contributed by atoms with E-state index >= 15 is 0 Å². The molecule has 0 fully saturated rings. The van der Waals surface area contributed by atoms with Gasteiger partial charge in [-0.1, -0.05) is 260 Å². The highest BCUT2D eigenvalue weighted by molar-refractivity contribution is 5.77. The molecule has 0 aliphatic heterocycles. The minimum Gasteiger partial charge on any atom is -0.462 e. The highest BCUT2D eigenvalue weighted by atomic mass is 16.5. The fourth-order valence-corrected chi connectivity index (χ4v) is 8.16. The number of ether oxygens (including phenoxy) is 1. The van der Waals surface area contributed by atoms with Crippen molar-refractivity contribution in [2.24, 2.45) is 0 Å². The molecule has 0 bridgehead atoms. The third-order valence-corrected chi connectivity index (χ3v) is 12.4. The standard InChI is InChI=1S/C60H105NO5/c1-4-7-10-13-16-19-22-25-27-29-31-34-36-39-42-45-48-51-56(66-60(65)53-50-47-44-41-38-35-32-30-28-26-23-20-17-14-11-8-5-2)54-59(64)61-57(55-62)58(63)52-49-46-43-40-37-33-24-21-18-15-12-9-6-3/h8,11,14,17,20,23,25-28,30,32,35,38,56-58,62-63H,4-7,9-10,12-13,15-16,18-19,21-22,24,29,31,33-34,36-37,39-55H2,1-3H3,(H,61,64)/b11-8-,17-14+,23-20+,27-25+,28-26-,32-30+,38-35+. The lowest BCUT2D eigenvalue weighted by molar-refractivity contribution is -0.151. The Labute approximate surface area is 408 Å². The van der Waals surface area contributed by atoms with E-state index in [0.29, 0.717) is 19.3 Å². The average Bonchev–Trinajstić information content (AvgIpc) is 3.31. The molecule has 0 aromatic carbocycles. The van der Waals surface area contributed by atoms with Crippen molar-refractivity contribution in [3.8, 4) is 0 Å². The van der Waals surface area contributed by atoms with Gasteiger partial charge in [-0.25, -0.2) is 0 Å². The maximum Gasteiger partial charge on any atom is 0.306 e. The minimum absolute atomic E-state index is 0.0531. The summed E-state index contributed by atoms with van der Waals surface area (Å²) in [5, 5.41) is 23.8. The third-order valence-electron chi connectivity index (χ3n) is 12.4. The van der Waals surface area contributed by atoms with Crippen molar-refractivity contribution in [1.29, 1.82) is 0 Å². The number of aliphatic hydroxyl groups is 2. The quantitative estimate of drug-likeness (QED) is 0.0245. The molecule has 380 valence electrons. The van der Waals surface area contributed by atoms with Crippen LogP contribution in [0, 0.1) is 0 Å². The first-order valence-electron chi connectivity index (χ1n) is 27.9. The molecule has 0 saturated heterocycles. The number of hydrogen-bond acceptors (Lipinski definition) is 5. The lowest BCUT2D eigenvalue weighted by atomic mass is 10.0. The van der Waals surface area contributed by atoms with Crippen LogP contribution in [0.1, 0.15) is 258 Å². The van der Waals surface area contributed by atoms with Crippen LogP contribution in [0.4, 0.5) is 0 Å². The van der Waals surface area contributed by atoms with Crippen LogP contribution in [0.15, 0.2) is 85.1 Å². The molecule has 0 radical (unpaired) electrons. The monoisotopic (exact) mass is 920 g/mol. The number of carbonyl (C=O) groups excluding carboxylic acids is 2. The second-order valence-electron chi connectivity index (χ2n) is 18.8. The van der Waals surface area contributed by atoms with Gasteiger partial charge in [0.05, 0.1) is 25.2 Å². The molecule has 0 aliphatic rings. The van der Waals surface area contributed by atoms with E-state index in [2.05, 4.69) is 62.5 Å². The molecule has 3 unspecified atom stereocenters. The molecule has 6 heteroatoms. The molecule has 0 heterocycles. The number of amides is 1. The van der Waals surface area contributed by atoms with Crippen molar-refractivity contribution in [3.05, 3.63) is 85.1 Å². The third kappa shape index (κ3) is 47.5. The maximum atomic E-state index is 13.3. The van der Waals surface area contributed by atoms with Crippen LogP contribution in [-0.4, -0.2) is 46.9 Å². The van der Waals surface area contributed by atoms with E-state index in [1.165, 1.54) is 141 Å². The fraction of sp³-hybridized carbons (Fsp3) is 0.733. The molecular weight excluding hydrogens is 815 g/mol. The number of carbonyl (C=O) groups is 2. The average molecular weight is 921 g/mol. The van der Waals surface area contributed by atoms with Crippen molar-refractivity contribution in [1.82, 2.24) is 5.32 Å². The van der Waals surface area contributed by atoms with Crippen LogP contribution in [0.3, 0.4) is 0 Å². The van der Waals surface area contributed by atoms with Crippen LogP contribution in [0.5, 0.6) is 0 Å². The van der Waals surface area contributed by atoms with Gasteiger partial charge in [-0.05, 0) is 70.6 Å². The van der Waals surface area contributed by atoms with Crippen molar-refractivity contribution in [2.45, 2.75) is 277 Å². The van der Waals surface area contributed by atoms with E-state index in [9.17, 15) is 19.8 Å². The Bertz CT molecular complexity index is 1260. The Balaban J connectivity index is 4.69. The zero-order valence-electron chi connectivity index (χ0n) is 43.3. The number of unbranched alkanes of at least 4 members (excludes halogenated alkanes) is 28. The van der Waals surface area contributed by atoms with Crippen LogP contribution in [-0.2, 0) is 14.3 Å². The summed E-state index contributed by atoms with van der Waals surface area (Å²) in [5.41, 5.74) is 0. The normalized spacial score (nSPS) is 13.8. The van der Waals surface area contributed by atoms with Crippen molar-refractivity contribution in [2.75, 3.05) is 6.61 Å². The minimum atomic E-state index is -0.801. The zero-order chi connectivity index (χ0) is 48.1. The molecule has 0 rings (SSSR count). The summed E-state index contributed by atoms with van der Waals surface area (Å²) < 4.78 is 5.94. The Morgan fingerprint density at radius 2 is 0.833 bits per heavy atom. The highest BCUT2D eigenvalue weighted by Crippen LogP contribution is 2.18. The highest BCUT2D eigenvalue weighted by Gasteiger charge is 2.24. The van der Waals surface area contributed by atoms with Crippen molar-refractivity contribution >= 4 is 11.9 Å². The fourth-order valence-electron chi connectivity index (χ4n) is 8.16. The predicted octanol–water partition coefficient (Wildman–Crippen LogP) is 17.1. The largest absolute Gasteiger partial charge is 0.462 e. The van der Waals surface area contributed by atoms with E-state index in [0.717, 1.165) is 70.6 Å². The molecular formula is C60H105NO5. The first-order chi connectivity index (χ1) is 32.5. The number of nitrogens with one attached hydrogen (secondary N) is 1. The SMILES string of the molecule is CC\C=C/C=C/C=C/C=C\C=C\C=C\CCCCCC(=O)OC(CCCCCCCCC/C=C/CCCCCCCC)CC(=O)NC(CO)C(O)CCCCCCCCCCCCCCC.